The fourth-order valence-electron chi connectivity index (χ4n) is 3.71. The number of rotatable bonds is 1. The van der Waals surface area contributed by atoms with Gasteiger partial charge in [-0.05, 0) is 11.6 Å². The van der Waals surface area contributed by atoms with Crippen molar-refractivity contribution < 1.29 is 19.1 Å². The van der Waals surface area contributed by atoms with Crippen molar-refractivity contribution in [2.75, 3.05) is 31.6 Å². The molecule has 0 aromatic heterocycles. The van der Waals surface area contributed by atoms with Crippen LogP contribution in [0.4, 0.5) is 5.69 Å². The van der Waals surface area contributed by atoms with E-state index in [1.807, 2.05) is 29.2 Å². The summed E-state index contributed by atoms with van der Waals surface area (Å²) in [5.41, 5.74) is 1.66. The predicted octanol–water partition coefficient (Wildman–Crippen LogP) is 1.48. The van der Waals surface area contributed by atoms with Gasteiger partial charge in [0.15, 0.2) is 5.79 Å². The zero-order valence-corrected chi connectivity index (χ0v) is 12.9. The van der Waals surface area contributed by atoms with E-state index in [9.17, 15) is 9.59 Å². The molecule has 23 heavy (non-hydrogen) atoms. The normalized spacial score (nSPS) is 26.0. The van der Waals surface area contributed by atoms with E-state index in [0.29, 0.717) is 39.1 Å². The SMILES string of the molecule is O=C1CC(C(=O)N2CCC3(CC2)OCCO3)c2ccccc2N1. The van der Waals surface area contributed by atoms with E-state index in [1.54, 1.807) is 0 Å². The Labute approximate surface area is 134 Å². The Kier molecular flexibility index (Phi) is 3.58. The van der Waals surface area contributed by atoms with Crippen molar-refractivity contribution in [1.29, 1.82) is 0 Å². The number of amides is 2. The molecule has 2 saturated heterocycles. The van der Waals surface area contributed by atoms with E-state index >= 15 is 0 Å². The molecule has 6 nitrogen and oxygen atoms in total. The van der Waals surface area contributed by atoms with E-state index < -0.39 is 5.79 Å². The Hall–Kier alpha value is -1.92. The maximum atomic E-state index is 12.9. The molecule has 1 aromatic carbocycles. The third-order valence-electron chi connectivity index (χ3n) is 4.95. The van der Waals surface area contributed by atoms with Crippen LogP contribution in [0.25, 0.3) is 0 Å². The number of piperidine rings is 1. The lowest BCUT2D eigenvalue weighted by Crippen LogP contribution is -2.49. The first kappa shape index (κ1) is 14.7. The highest BCUT2D eigenvalue weighted by molar-refractivity contribution is 6.01. The monoisotopic (exact) mass is 316 g/mol. The first-order valence-electron chi connectivity index (χ1n) is 8.12. The van der Waals surface area contributed by atoms with Gasteiger partial charge in [-0.2, -0.15) is 0 Å². The summed E-state index contributed by atoms with van der Waals surface area (Å²) in [6.45, 7) is 2.48. The van der Waals surface area contributed by atoms with Crippen LogP contribution in [0.2, 0.25) is 0 Å². The molecule has 2 fully saturated rings. The van der Waals surface area contributed by atoms with E-state index in [-0.39, 0.29) is 24.2 Å². The topological polar surface area (TPSA) is 67.9 Å². The second kappa shape index (κ2) is 5.62. The minimum atomic E-state index is -0.487. The number of nitrogens with zero attached hydrogens (tertiary/aromatic N) is 1. The van der Waals surface area contributed by atoms with Crippen LogP contribution in [-0.4, -0.2) is 48.8 Å². The molecule has 3 aliphatic rings. The summed E-state index contributed by atoms with van der Waals surface area (Å²) in [6.07, 6.45) is 1.60. The van der Waals surface area contributed by atoms with Crippen molar-refractivity contribution >= 4 is 17.5 Å². The minimum Gasteiger partial charge on any atom is -0.347 e. The third kappa shape index (κ3) is 2.62. The number of hydrogen-bond acceptors (Lipinski definition) is 4. The number of nitrogens with one attached hydrogen (secondary N) is 1. The van der Waals surface area contributed by atoms with Gasteiger partial charge in [0.1, 0.15) is 0 Å². The van der Waals surface area contributed by atoms with Crippen LogP contribution in [0.3, 0.4) is 0 Å². The molecule has 0 bridgehead atoms. The second-order valence-corrected chi connectivity index (χ2v) is 6.33. The van der Waals surface area contributed by atoms with Gasteiger partial charge in [0.05, 0.1) is 19.1 Å². The number of benzene rings is 1. The van der Waals surface area contributed by atoms with Crippen LogP contribution in [-0.2, 0) is 19.1 Å². The number of fused-ring (bicyclic) bond motifs is 1. The van der Waals surface area contributed by atoms with Crippen LogP contribution >= 0.6 is 0 Å². The molecule has 3 heterocycles. The highest BCUT2D eigenvalue weighted by Crippen LogP contribution is 2.36. The number of ether oxygens (including phenoxy) is 2. The molecule has 1 aromatic rings. The molecular formula is C17H20N2O4. The van der Waals surface area contributed by atoms with Crippen LogP contribution in [0.1, 0.15) is 30.7 Å². The third-order valence-corrected chi connectivity index (χ3v) is 4.95. The molecule has 2 amide bonds. The smallest absolute Gasteiger partial charge is 0.230 e. The lowest BCUT2D eigenvalue weighted by atomic mass is 9.88. The average Bonchev–Trinajstić information content (AvgIpc) is 3.02. The summed E-state index contributed by atoms with van der Waals surface area (Å²) in [7, 11) is 0. The van der Waals surface area contributed by atoms with Crippen LogP contribution in [0.5, 0.6) is 0 Å². The Morgan fingerprint density at radius 2 is 1.87 bits per heavy atom. The van der Waals surface area contributed by atoms with Gasteiger partial charge in [0, 0.05) is 38.0 Å². The van der Waals surface area contributed by atoms with Crippen molar-refractivity contribution in [3.63, 3.8) is 0 Å². The molecule has 1 spiro atoms. The van der Waals surface area contributed by atoms with Gasteiger partial charge in [0.25, 0.3) is 0 Å². The zero-order valence-electron chi connectivity index (χ0n) is 12.9. The molecule has 4 rings (SSSR count). The largest absolute Gasteiger partial charge is 0.347 e. The molecular weight excluding hydrogens is 296 g/mol. The number of carbonyl (C=O) groups is 2. The molecule has 3 aliphatic heterocycles. The molecule has 122 valence electrons. The van der Waals surface area contributed by atoms with Gasteiger partial charge in [-0.25, -0.2) is 0 Å². The highest BCUT2D eigenvalue weighted by Gasteiger charge is 2.42. The summed E-state index contributed by atoms with van der Waals surface area (Å²) in [4.78, 5) is 26.7. The van der Waals surface area contributed by atoms with Crippen LogP contribution in [0.15, 0.2) is 24.3 Å². The van der Waals surface area contributed by atoms with Crippen LogP contribution in [0, 0.1) is 0 Å². The molecule has 1 N–H and O–H groups in total. The summed E-state index contributed by atoms with van der Waals surface area (Å²) in [6, 6.07) is 7.54. The van der Waals surface area contributed by atoms with Crippen molar-refractivity contribution in [1.82, 2.24) is 4.90 Å². The van der Waals surface area contributed by atoms with Gasteiger partial charge >= 0.3 is 0 Å². The van der Waals surface area contributed by atoms with Gasteiger partial charge in [-0.15, -0.1) is 0 Å². The van der Waals surface area contributed by atoms with Crippen molar-refractivity contribution in [2.45, 2.75) is 31.0 Å². The molecule has 6 heteroatoms. The van der Waals surface area contributed by atoms with Gasteiger partial charge < -0.3 is 19.7 Å². The lowest BCUT2D eigenvalue weighted by molar-refractivity contribution is -0.187. The molecule has 0 aliphatic carbocycles. The fourth-order valence-corrected chi connectivity index (χ4v) is 3.71. The quantitative estimate of drug-likeness (QED) is 0.852. The number of para-hydroxylation sites is 1. The Morgan fingerprint density at radius 3 is 2.61 bits per heavy atom. The number of anilines is 1. The van der Waals surface area contributed by atoms with E-state index in [0.717, 1.165) is 11.3 Å². The number of likely N-dealkylation sites (tertiary alicyclic amines) is 1. The lowest BCUT2D eigenvalue weighted by Gasteiger charge is -2.39. The standard InChI is InChI=1S/C17H20N2O4/c20-15-11-13(12-3-1-2-4-14(12)18-15)16(21)19-7-5-17(6-8-19)22-9-10-23-17/h1-4,13H,5-11H2,(H,18,20). The number of carbonyl (C=O) groups excluding carboxylic acids is 2. The Balaban J connectivity index is 1.50. The fraction of sp³-hybridized carbons (Fsp3) is 0.529. The molecule has 0 radical (unpaired) electrons. The van der Waals surface area contributed by atoms with E-state index in [4.69, 9.17) is 9.47 Å². The van der Waals surface area contributed by atoms with Crippen molar-refractivity contribution in [3.05, 3.63) is 29.8 Å². The minimum absolute atomic E-state index is 0.0279. The molecule has 1 atom stereocenters. The van der Waals surface area contributed by atoms with Crippen molar-refractivity contribution in [2.24, 2.45) is 0 Å². The van der Waals surface area contributed by atoms with Crippen LogP contribution < -0.4 is 5.32 Å². The first-order valence-corrected chi connectivity index (χ1v) is 8.12. The van der Waals surface area contributed by atoms with Gasteiger partial charge in [0.2, 0.25) is 11.8 Å². The molecule has 1 unspecified atom stereocenters. The molecule has 0 saturated carbocycles. The second-order valence-electron chi connectivity index (χ2n) is 6.33. The summed E-state index contributed by atoms with van der Waals surface area (Å²) < 4.78 is 11.4. The zero-order chi connectivity index (χ0) is 15.9. The predicted molar refractivity (Wildman–Crippen MR) is 82.9 cm³/mol. The Bertz CT molecular complexity index is 629. The van der Waals surface area contributed by atoms with E-state index in [2.05, 4.69) is 5.32 Å². The summed E-state index contributed by atoms with van der Waals surface area (Å²) >= 11 is 0. The van der Waals surface area contributed by atoms with Gasteiger partial charge in [-0.1, -0.05) is 18.2 Å². The summed E-state index contributed by atoms with van der Waals surface area (Å²) in [5, 5.41) is 2.84. The highest BCUT2D eigenvalue weighted by atomic mass is 16.7. The Morgan fingerprint density at radius 1 is 1.17 bits per heavy atom. The maximum absolute atomic E-state index is 12.9. The van der Waals surface area contributed by atoms with E-state index in [1.165, 1.54) is 0 Å². The maximum Gasteiger partial charge on any atom is 0.230 e. The first-order chi connectivity index (χ1) is 11.2. The van der Waals surface area contributed by atoms with Crippen molar-refractivity contribution in [3.8, 4) is 0 Å². The summed E-state index contributed by atoms with van der Waals surface area (Å²) in [5.74, 6) is -0.948. The number of hydrogen-bond donors (Lipinski definition) is 1. The average molecular weight is 316 g/mol. The van der Waals surface area contributed by atoms with Gasteiger partial charge in [-0.3, -0.25) is 9.59 Å².